The molecule has 10 heteroatoms. The highest BCUT2D eigenvalue weighted by Crippen LogP contribution is 2.29. The Labute approximate surface area is 204 Å². The van der Waals surface area contributed by atoms with Crippen molar-refractivity contribution in [1.29, 1.82) is 0 Å². The molecule has 2 N–H and O–H groups in total. The second kappa shape index (κ2) is 9.43. The first-order chi connectivity index (χ1) is 17.1. The Balaban J connectivity index is 1.43. The first-order valence-corrected chi connectivity index (χ1v) is 11.5. The normalized spacial score (nSPS) is 10.9. The Morgan fingerprint density at radius 3 is 2.54 bits per heavy atom. The van der Waals surface area contributed by atoms with E-state index < -0.39 is 0 Å². The number of nitrogens with zero attached hydrogens (tertiary/aromatic N) is 3. The quantitative estimate of drug-likeness (QED) is 0.357. The lowest BCUT2D eigenvalue weighted by atomic mass is 10.1. The van der Waals surface area contributed by atoms with E-state index in [9.17, 15) is 9.59 Å². The van der Waals surface area contributed by atoms with Gasteiger partial charge in [0.2, 0.25) is 10.1 Å². The topological polar surface area (TPSA) is 107 Å². The molecule has 5 rings (SSSR count). The molecule has 0 saturated heterocycles. The molecular weight excluding hydrogens is 466 g/mol. The fourth-order valence-corrected chi connectivity index (χ4v) is 4.50. The van der Waals surface area contributed by atoms with Gasteiger partial charge in [-0.15, -0.1) is 5.10 Å². The number of fused-ring (bicyclic) bond motifs is 2. The van der Waals surface area contributed by atoms with Gasteiger partial charge in [-0.3, -0.25) is 9.59 Å². The van der Waals surface area contributed by atoms with Gasteiger partial charge >= 0.3 is 0 Å². The summed E-state index contributed by atoms with van der Waals surface area (Å²) in [5.41, 5.74) is 2.10. The predicted molar refractivity (Wildman–Crippen MR) is 135 cm³/mol. The highest BCUT2D eigenvalue weighted by Gasteiger charge is 2.15. The Kier molecular flexibility index (Phi) is 6.02. The molecule has 0 fully saturated rings. The minimum Gasteiger partial charge on any atom is -0.496 e. The van der Waals surface area contributed by atoms with Crippen LogP contribution in [0.1, 0.15) is 15.9 Å². The smallest absolute Gasteiger partial charge is 0.283 e. The van der Waals surface area contributed by atoms with E-state index in [1.54, 1.807) is 32.4 Å². The van der Waals surface area contributed by atoms with Crippen molar-refractivity contribution in [3.8, 4) is 11.5 Å². The average molecular weight is 488 g/mol. The summed E-state index contributed by atoms with van der Waals surface area (Å²) in [6.45, 7) is 0.308. The van der Waals surface area contributed by atoms with Gasteiger partial charge in [0.1, 0.15) is 11.5 Å². The molecule has 0 aliphatic rings. The van der Waals surface area contributed by atoms with Crippen LogP contribution in [0, 0.1) is 0 Å². The number of carbonyl (C=O) groups is 1. The van der Waals surface area contributed by atoms with Crippen molar-refractivity contribution in [2.45, 2.75) is 6.54 Å². The second-order valence-electron chi connectivity index (χ2n) is 7.57. The molecule has 3 aromatic carbocycles. The van der Waals surface area contributed by atoms with E-state index in [1.807, 2.05) is 48.5 Å². The summed E-state index contributed by atoms with van der Waals surface area (Å²) in [6.07, 6.45) is 0. The molecule has 1 amide bonds. The fourth-order valence-electron chi connectivity index (χ4n) is 3.69. The molecule has 0 atom stereocenters. The second-order valence-corrected chi connectivity index (χ2v) is 8.53. The van der Waals surface area contributed by atoms with Gasteiger partial charge in [0.15, 0.2) is 0 Å². The molecule has 0 bridgehead atoms. The third kappa shape index (κ3) is 4.38. The Morgan fingerprint density at radius 1 is 1.00 bits per heavy atom. The Morgan fingerprint density at radius 2 is 1.74 bits per heavy atom. The Hall–Kier alpha value is -4.44. The number of nitrogens with one attached hydrogen (secondary N) is 2. The van der Waals surface area contributed by atoms with E-state index >= 15 is 0 Å². The van der Waals surface area contributed by atoms with Crippen LogP contribution in [0.5, 0.6) is 11.5 Å². The standard InChI is InChI=1S/C25H21N5O4S/c1-33-20-9-5-3-7-16(20)14-26-22(31)15-11-12-17-19(13-15)28-25-30(23(17)32)29-24(35-25)27-18-8-4-6-10-21(18)34-2/h3-13H,14H2,1-2H3,(H,26,31)(H,27,29). The van der Waals surface area contributed by atoms with Crippen LogP contribution in [-0.2, 0) is 6.54 Å². The largest absolute Gasteiger partial charge is 0.496 e. The zero-order valence-electron chi connectivity index (χ0n) is 18.9. The number of para-hydroxylation sites is 3. The van der Waals surface area contributed by atoms with Gasteiger partial charge in [-0.2, -0.15) is 4.52 Å². The third-order valence-corrected chi connectivity index (χ3v) is 6.26. The maximum Gasteiger partial charge on any atom is 0.283 e. The van der Waals surface area contributed by atoms with Crippen molar-refractivity contribution in [2.24, 2.45) is 0 Å². The fraction of sp³-hybridized carbons (Fsp3) is 0.120. The first kappa shape index (κ1) is 22.4. The van der Waals surface area contributed by atoms with E-state index in [4.69, 9.17) is 9.47 Å². The van der Waals surface area contributed by atoms with Crippen molar-refractivity contribution in [3.63, 3.8) is 0 Å². The Bertz CT molecular complexity index is 1610. The maximum absolute atomic E-state index is 13.0. The van der Waals surface area contributed by atoms with Crippen LogP contribution in [0.15, 0.2) is 71.5 Å². The predicted octanol–water partition coefficient (Wildman–Crippen LogP) is 4.00. The summed E-state index contributed by atoms with van der Waals surface area (Å²) in [6, 6.07) is 19.7. The molecule has 0 spiro atoms. The third-order valence-electron chi connectivity index (χ3n) is 5.44. The minimum atomic E-state index is -0.310. The van der Waals surface area contributed by atoms with Crippen molar-refractivity contribution < 1.29 is 14.3 Å². The van der Waals surface area contributed by atoms with E-state index in [1.165, 1.54) is 15.9 Å². The van der Waals surface area contributed by atoms with Crippen molar-refractivity contribution in [1.82, 2.24) is 19.9 Å². The number of methoxy groups -OCH3 is 2. The number of benzene rings is 3. The van der Waals surface area contributed by atoms with Crippen LogP contribution >= 0.6 is 11.3 Å². The van der Waals surface area contributed by atoms with Crippen LogP contribution in [0.25, 0.3) is 15.9 Å². The zero-order valence-corrected chi connectivity index (χ0v) is 19.8. The molecule has 2 heterocycles. The molecule has 176 valence electrons. The van der Waals surface area contributed by atoms with Gasteiger partial charge in [-0.25, -0.2) is 4.98 Å². The molecule has 0 unspecified atom stereocenters. The highest BCUT2D eigenvalue weighted by atomic mass is 32.1. The van der Waals surface area contributed by atoms with E-state index in [-0.39, 0.29) is 11.5 Å². The summed E-state index contributed by atoms with van der Waals surface area (Å²) in [5, 5.41) is 11.3. The van der Waals surface area contributed by atoms with Crippen LogP contribution in [0.4, 0.5) is 10.8 Å². The van der Waals surface area contributed by atoms with Crippen LogP contribution in [0.2, 0.25) is 0 Å². The molecule has 0 aliphatic carbocycles. The molecule has 35 heavy (non-hydrogen) atoms. The van der Waals surface area contributed by atoms with Gasteiger partial charge in [-0.1, -0.05) is 41.7 Å². The minimum absolute atomic E-state index is 0.275. The summed E-state index contributed by atoms with van der Waals surface area (Å²) >= 11 is 1.23. The number of carbonyl (C=O) groups excluding carboxylic acids is 1. The van der Waals surface area contributed by atoms with Crippen LogP contribution in [-0.4, -0.2) is 34.7 Å². The van der Waals surface area contributed by atoms with Gasteiger partial charge in [0, 0.05) is 17.7 Å². The van der Waals surface area contributed by atoms with Crippen LogP contribution in [0.3, 0.4) is 0 Å². The summed E-state index contributed by atoms with van der Waals surface area (Å²) in [4.78, 5) is 30.8. The van der Waals surface area contributed by atoms with Gasteiger partial charge in [0.25, 0.3) is 11.5 Å². The van der Waals surface area contributed by atoms with Crippen molar-refractivity contribution in [3.05, 3.63) is 88.2 Å². The summed E-state index contributed by atoms with van der Waals surface area (Å²) < 4.78 is 11.9. The number of hydrogen-bond donors (Lipinski definition) is 2. The van der Waals surface area contributed by atoms with Gasteiger partial charge < -0.3 is 20.1 Å². The summed E-state index contributed by atoms with van der Waals surface area (Å²) in [7, 11) is 3.17. The zero-order chi connectivity index (χ0) is 24.4. The van der Waals surface area contributed by atoms with Crippen molar-refractivity contribution >= 4 is 43.9 Å². The molecule has 5 aromatic rings. The lowest BCUT2D eigenvalue weighted by molar-refractivity contribution is 0.0951. The monoisotopic (exact) mass is 487 g/mol. The average Bonchev–Trinajstić information content (AvgIpc) is 3.30. The number of ether oxygens (including phenoxy) is 2. The SMILES string of the molecule is COc1ccccc1CNC(=O)c1ccc2c(=O)n3nc(Nc4ccccc4OC)sc3nc2c1. The molecule has 0 aliphatic heterocycles. The first-order valence-electron chi connectivity index (χ1n) is 10.7. The van der Waals surface area contributed by atoms with Gasteiger partial charge in [0.05, 0.1) is 30.8 Å². The van der Waals surface area contributed by atoms with E-state index in [0.29, 0.717) is 44.6 Å². The lowest BCUT2D eigenvalue weighted by Crippen LogP contribution is -2.23. The number of aromatic nitrogens is 3. The molecule has 0 radical (unpaired) electrons. The van der Waals surface area contributed by atoms with E-state index in [2.05, 4.69) is 20.7 Å². The number of hydrogen-bond acceptors (Lipinski definition) is 8. The maximum atomic E-state index is 13.0. The summed E-state index contributed by atoms with van der Waals surface area (Å²) in [5.74, 6) is 1.08. The lowest BCUT2D eigenvalue weighted by Gasteiger charge is -2.09. The van der Waals surface area contributed by atoms with Crippen molar-refractivity contribution in [2.75, 3.05) is 19.5 Å². The molecule has 0 saturated carbocycles. The molecule has 9 nitrogen and oxygen atoms in total. The molecule has 2 aromatic heterocycles. The number of rotatable bonds is 7. The molecular formula is C25H21N5O4S. The van der Waals surface area contributed by atoms with E-state index in [0.717, 1.165) is 11.3 Å². The highest BCUT2D eigenvalue weighted by molar-refractivity contribution is 7.20. The number of anilines is 2. The number of amides is 1. The van der Waals surface area contributed by atoms with Gasteiger partial charge in [-0.05, 0) is 36.4 Å². The van der Waals surface area contributed by atoms with Crippen LogP contribution < -0.4 is 25.7 Å².